The Kier molecular flexibility index (Phi) is 4.89. The first-order valence-corrected chi connectivity index (χ1v) is 9.25. The Bertz CT molecular complexity index is 462. The highest BCUT2D eigenvalue weighted by Crippen LogP contribution is 2.32. The van der Waals surface area contributed by atoms with Crippen LogP contribution in [0, 0.1) is 0 Å². The van der Waals surface area contributed by atoms with Crippen molar-refractivity contribution in [3.63, 3.8) is 0 Å². The Morgan fingerprint density at radius 3 is 2.57 bits per heavy atom. The van der Waals surface area contributed by atoms with Gasteiger partial charge in [-0.1, -0.05) is 12.1 Å². The molecule has 3 unspecified atom stereocenters. The van der Waals surface area contributed by atoms with Gasteiger partial charge < -0.3 is 5.73 Å². The Hall–Kier alpha value is -0.550. The van der Waals surface area contributed by atoms with Crippen molar-refractivity contribution in [2.24, 2.45) is 5.73 Å². The maximum absolute atomic E-state index is 6.13. The number of hydrogen-bond acceptors (Lipinski definition) is 4. The third-order valence-electron chi connectivity index (χ3n) is 5.34. The monoisotopic (exact) mass is 305 g/mol. The topological polar surface area (TPSA) is 32.5 Å². The molecular weight excluding hydrogens is 278 g/mol. The number of nitrogens with two attached hydrogens (primary N) is 1. The van der Waals surface area contributed by atoms with Crippen molar-refractivity contribution < 1.29 is 0 Å². The molecule has 3 rings (SSSR count). The van der Waals surface area contributed by atoms with Crippen molar-refractivity contribution in [1.82, 2.24) is 9.80 Å². The van der Waals surface area contributed by atoms with E-state index in [4.69, 9.17) is 5.73 Å². The summed E-state index contributed by atoms with van der Waals surface area (Å²) in [5.41, 5.74) is 7.50. The van der Waals surface area contributed by atoms with Crippen LogP contribution in [0.5, 0.6) is 0 Å². The average Bonchev–Trinajstić information content (AvgIpc) is 2.76. The third-order valence-corrected chi connectivity index (χ3v) is 6.09. The van der Waals surface area contributed by atoms with Gasteiger partial charge in [0.25, 0.3) is 0 Å². The van der Waals surface area contributed by atoms with Crippen LogP contribution in [0.1, 0.15) is 30.9 Å². The number of likely N-dealkylation sites (tertiary alicyclic amines) is 1. The molecule has 21 heavy (non-hydrogen) atoms. The summed E-state index contributed by atoms with van der Waals surface area (Å²) >= 11 is 1.79. The summed E-state index contributed by atoms with van der Waals surface area (Å²) in [5, 5.41) is 0. The first-order valence-electron chi connectivity index (χ1n) is 8.03. The van der Waals surface area contributed by atoms with Crippen LogP contribution in [0.4, 0.5) is 0 Å². The van der Waals surface area contributed by atoms with Crippen molar-refractivity contribution in [3.8, 4) is 0 Å². The largest absolute Gasteiger partial charge is 0.329 e. The van der Waals surface area contributed by atoms with Crippen LogP contribution < -0.4 is 5.73 Å². The van der Waals surface area contributed by atoms with Gasteiger partial charge in [0.1, 0.15) is 0 Å². The maximum atomic E-state index is 6.13. The number of nitrogens with zero attached hydrogens (tertiary/aromatic N) is 2. The first kappa shape index (κ1) is 15.3. The van der Waals surface area contributed by atoms with Gasteiger partial charge >= 0.3 is 0 Å². The van der Waals surface area contributed by atoms with E-state index in [-0.39, 0.29) is 0 Å². The van der Waals surface area contributed by atoms with Crippen molar-refractivity contribution in [2.45, 2.75) is 42.3 Å². The number of fused-ring (bicyclic) bond motifs is 2. The van der Waals surface area contributed by atoms with Crippen molar-refractivity contribution in [2.75, 3.05) is 32.9 Å². The molecule has 1 aromatic carbocycles. The molecule has 2 bridgehead atoms. The van der Waals surface area contributed by atoms with E-state index in [2.05, 4.69) is 47.4 Å². The summed E-state index contributed by atoms with van der Waals surface area (Å²) in [6.45, 7) is 3.05. The van der Waals surface area contributed by atoms with Crippen molar-refractivity contribution in [3.05, 3.63) is 29.8 Å². The van der Waals surface area contributed by atoms with Gasteiger partial charge in [0.15, 0.2) is 0 Å². The Morgan fingerprint density at radius 2 is 1.90 bits per heavy atom. The van der Waals surface area contributed by atoms with Gasteiger partial charge in [-0.3, -0.25) is 9.80 Å². The quantitative estimate of drug-likeness (QED) is 0.867. The summed E-state index contributed by atoms with van der Waals surface area (Å²) in [6.07, 6.45) is 6.13. The maximum Gasteiger partial charge on any atom is 0.0471 e. The SMILES string of the molecule is CSc1ccc(C(CN)N2CCC3CCC(C2)N3C)cc1. The second kappa shape index (κ2) is 6.69. The first-order chi connectivity index (χ1) is 10.2. The lowest BCUT2D eigenvalue weighted by molar-refractivity contribution is 0.175. The van der Waals surface area contributed by atoms with Crippen LogP contribution in [0.3, 0.4) is 0 Å². The molecule has 3 nitrogen and oxygen atoms in total. The number of likely N-dealkylation sites (N-methyl/N-ethyl adjacent to an activating group) is 1. The van der Waals surface area contributed by atoms with E-state index in [1.54, 1.807) is 11.8 Å². The highest BCUT2D eigenvalue weighted by Gasteiger charge is 2.36. The van der Waals surface area contributed by atoms with Crippen LogP contribution in [-0.4, -0.2) is 54.8 Å². The molecule has 0 radical (unpaired) electrons. The average molecular weight is 305 g/mol. The fourth-order valence-electron chi connectivity index (χ4n) is 3.94. The van der Waals surface area contributed by atoms with Crippen LogP contribution in [0.2, 0.25) is 0 Å². The van der Waals surface area contributed by atoms with Gasteiger partial charge in [-0.25, -0.2) is 0 Å². The normalized spacial score (nSPS) is 28.5. The summed E-state index contributed by atoms with van der Waals surface area (Å²) in [7, 11) is 2.30. The zero-order chi connectivity index (χ0) is 14.8. The summed E-state index contributed by atoms with van der Waals surface area (Å²) < 4.78 is 0. The fourth-order valence-corrected chi connectivity index (χ4v) is 4.35. The van der Waals surface area contributed by atoms with Gasteiger partial charge in [-0.2, -0.15) is 0 Å². The Balaban J connectivity index is 1.76. The van der Waals surface area contributed by atoms with Crippen molar-refractivity contribution >= 4 is 11.8 Å². The van der Waals surface area contributed by atoms with E-state index in [0.29, 0.717) is 12.6 Å². The fraction of sp³-hybridized carbons (Fsp3) is 0.647. The molecule has 2 N–H and O–H groups in total. The van der Waals surface area contributed by atoms with E-state index in [9.17, 15) is 0 Å². The molecular formula is C17H27N3S. The van der Waals surface area contributed by atoms with Gasteiger partial charge in [0, 0.05) is 42.7 Å². The molecule has 2 heterocycles. The number of hydrogen-bond donors (Lipinski definition) is 1. The van der Waals surface area contributed by atoms with Gasteiger partial charge in [0.2, 0.25) is 0 Å². The van der Waals surface area contributed by atoms with E-state index in [1.165, 1.54) is 42.8 Å². The van der Waals surface area contributed by atoms with Gasteiger partial charge in [0.05, 0.1) is 0 Å². The predicted molar refractivity (Wildman–Crippen MR) is 90.8 cm³/mol. The number of benzene rings is 1. The Morgan fingerprint density at radius 1 is 1.19 bits per heavy atom. The third kappa shape index (κ3) is 3.14. The predicted octanol–water partition coefficient (Wildman–Crippen LogP) is 2.58. The smallest absolute Gasteiger partial charge is 0.0471 e. The van der Waals surface area contributed by atoms with E-state index in [1.807, 2.05) is 0 Å². The molecule has 0 aliphatic carbocycles. The summed E-state index contributed by atoms with van der Waals surface area (Å²) in [4.78, 5) is 6.54. The molecule has 2 fully saturated rings. The molecule has 3 atom stereocenters. The molecule has 2 aliphatic rings. The summed E-state index contributed by atoms with van der Waals surface area (Å²) in [6, 6.07) is 10.8. The van der Waals surface area contributed by atoms with E-state index < -0.39 is 0 Å². The second-order valence-corrected chi connectivity index (χ2v) is 7.24. The minimum atomic E-state index is 0.369. The molecule has 0 amide bonds. The Labute approximate surface area is 132 Å². The summed E-state index contributed by atoms with van der Waals surface area (Å²) in [5.74, 6) is 0. The lowest BCUT2D eigenvalue weighted by Gasteiger charge is -2.33. The van der Waals surface area contributed by atoms with E-state index in [0.717, 1.165) is 12.1 Å². The lowest BCUT2D eigenvalue weighted by Crippen LogP contribution is -2.40. The molecule has 0 spiro atoms. The number of thioether (sulfide) groups is 1. The number of rotatable bonds is 4. The molecule has 2 aliphatic heterocycles. The minimum Gasteiger partial charge on any atom is -0.329 e. The molecule has 4 heteroatoms. The van der Waals surface area contributed by atoms with E-state index >= 15 is 0 Å². The van der Waals surface area contributed by atoms with Crippen LogP contribution in [0.25, 0.3) is 0 Å². The van der Waals surface area contributed by atoms with Gasteiger partial charge in [-0.05, 0) is 50.3 Å². The molecule has 0 aromatic heterocycles. The standard InChI is InChI=1S/C17H27N3S/c1-19-14-5-6-15(19)12-20(10-9-14)17(11-18)13-3-7-16(21-2)8-4-13/h3-4,7-8,14-15,17H,5-6,9-12,18H2,1-2H3. The zero-order valence-electron chi connectivity index (χ0n) is 13.2. The molecule has 0 saturated carbocycles. The molecule has 2 saturated heterocycles. The van der Waals surface area contributed by atoms with Crippen molar-refractivity contribution in [1.29, 1.82) is 0 Å². The molecule has 1 aromatic rings. The highest BCUT2D eigenvalue weighted by molar-refractivity contribution is 7.98. The highest BCUT2D eigenvalue weighted by atomic mass is 32.2. The lowest BCUT2D eigenvalue weighted by atomic mass is 10.0. The van der Waals surface area contributed by atoms with Crippen LogP contribution in [0.15, 0.2) is 29.2 Å². The van der Waals surface area contributed by atoms with Crippen LogP contribution in [-0.2, 0) is 0 Å². The van der Waals surface area contributed by atoms with Gasteiger partial charge in [-0.15, -0.1) is 11.8 Å². The minimum absolute atomic E-state index is 0.369. The zero-order valence-corrected chi connectivity index (χ0v) is 14.0. The molecule has 116 valence electrons. The van der Waals surface area contributed by atoms with Crippen LogP contribution >= 0.6 is 11.8 Å². The second-order valence-electron chi connectivity index (χ2n) is 6.36.